The van der Waals surface area contributed by atoms with Crippen molar-refractivity contribution in [3.8, 4) is 72.4 Å². The summed E-state index contributed by atoms with van der Waals surface area (Å²) in [6.45, 7) is 0. The van der Waals surface area contributed by atoms with Crippen LogP contribution in [0.1, 0.15) is 0 Å². The van der Waals surface area contributed by atoms with E-state index in [0.717, 1.165) is 16.7 Å². The van der Waals surface area contributed by atoms with Crippen molar-refractivity contribution in [2.75, 3.05) is 0 Å². The lowest BCUT2D eigenvalue weighted by molar-refractivity contribution is 1.18. The highest BCUT2D eigenvalue weighted by atomic mass is 15.0. The molecule has 0 atom stereocenters. The van der Waals surface area contributed by atoms with E-state index in [0.29, 0.717) is 0 Å². The first-order valence-electron chi connectivity index (χ1n) is 27.4. The maximum Gasteiger partial charge on any atom is 0.0541 e. The van der Waals surface area contributed by atoms with Gasteiger partial charge in [-0.15, -0.1) is 0 Å². The van der Waals surface area contributed by atoms with Gasteiger partial charge in [-0.2, -0.15) is 0 Å². The van der Waals surface area contributed by atoms with Crippen molar-refractivity contribution in [2.45, 2.75) is 0 Å². The van der Waals surface area contributed by atoms with E-state index in [9.17, 15) is 0 Å². The summed E-state index contributed by atoms with van der Waals surface area (Å²) in [5.74, 6) is 0. The van der Waals surface area contributed by atoms with Crippen LogP contribution in [0.25, 0.3) is 159 Å². The summed E-state index contributed by atoms with van der Waals surface area (Å²) in [6.07, 6.45) is 0. The highest BCUT2D eigenvalue weighted by Gasteiger charge is 2.19. The Balaban J connectivity index is 0.883. The SMILES string of the molecule is c1ccc2c(-c3cc(-c4cccc5ccccc45)cc(-n4c5ccc(-c6ccc(-c7cc8ccccc8c8ccccc78)cc6)cc5c5cc(-c6ccc(-c7cc8ccccc8c8ccccc78)cc6)ccc54)c3)cccc2c1. The second kappa shape index (κ2) is 18.2. The van der Waals surface area contributed by atoms with Crippen LogP contribution in [0.3, 0.4) is 0 Å². The number of nitrogens with zero attached hydrogens (tertiary/aromatic N) is 1. The van der Waals surface area contributed by atoms with Gasteiger partial charge in [0.05, 0.1) is 11.0 Å². The zero-order valence-corrected chi connectivity index (χ0v) is 43.2. The van der Waals surface area contributed by atoms with Crippen LogP contribution in [0, 0.1) is 0 Å². The summed E-state index contributed by atoms with van der Waals surface area (Å²) in [5.41, 5.74) is 17.9. The highest BCUT2D eigenvalue weighted by molar-refractivity contribution is 6.16. The first kappa shape index (κ1) is 44.9. The first-order valence-corrected chi connectivity index (χ1v) is 27.4. The molecular formula is C78H49N. The molecule has 0 aliphatic carbocycles. The lowest BCUT2D eigenvalue weighted by Gasteiger charge is -2.16. The molecule has 366 valence electrons. The maximum absolute atomic E-state index is 2.50. The fourth-order valence-electron chi connectivity index (χ4n) is 12.9. The van der Waals surface area contributed by atoms with Crippen LogP contribution in [-0.4, -0.2) is 4.57 Å². The van der Waals surface area contributed by atoms with Crippen LogP contribution in [0.4, 0.5) is 0 Å². The van der Waals surface area contributed by atoms with Gasteiger partial charge in [0.1, 0.15) is 0 Å². The third-order valence-electron chi connectivity index (χ3n) is 16.7. The van der Waals surface area contributed by atoms with Crippen LogP contribution < -0.4 is 0 Å². The molecule has 0 aliphatic rings. The highest BCUT2D eigenvalue weighted by Crippen LogP contribution is 2.43. The summed E-state index contributed by atoms with van der Waals surface area (Å²) >= 11 is 0. The summed E-state index contributed by atoms with van der Waals surface area (Å²) < 4.78 is 2.50. The van der Waals surface area contributed by atoms with Crippen molar-refractivity contribution in [1.82, 2.24) is 4.57 Å². The lowest BCUT2D eigenvalue weighted by Crippen LogP contribution is -1.96. The molecule has 1 nitrogen and oxygen atoms in total. The molecule has 0 unspecified atom stereocenters. The Morgan fingerprint density at radius 2 is 0.506 bits per heavy atom. The zero-order chi connectivity index (χ0) is 52.0. The van der Waals surface area contributed by atoms with E-state index in [2.05, 4.69) is 302 Å². The van der Waals surface area contributed by atoms with Crippen molar-refractivity contribution in [1.29, 1.82) is 0 Å². The summed E-state index contributed by atoms with van der Waals surface area (Å²) in [7, 11) is 0. The van der Waals surface area contributed by atoms with Gasteiger partial charge in [0.15, 0.2) is 0 Å². The lowest BCUT2D eigenvalue weighted by atomic mass is 9.92. The molecule has 0 spiro atoms. The largest absolute Gasteiger partial charge is 0.309 e. The zero-order valence-electron chi connectivity index (χ0n) is 43.2. The van der Waals surface area contributed by atoms with Crippen molar-refractivity contribution < 1.29 is 0 Å². The number of fused-ring (bicyclic) bond motifs is 11. The fraction of sp³-hybridized carbons (Fsp3) is 0. The van der Waals surface area contributed by atoms with E-state index >= 15 is 0 Å². The van der Waals surface area contributed by atoms with Gasteiger partial charge < -0.3 is 4.57 Å². The molecule has 0 fully saturated rings. The van der Waals surface area contributed by atoms with Gasteiger partial charge in [0, 0.05) is 16.5 Å². The Morgan fingerprint density at radius 1 is 0.165 bits per heavy atom. The molecule has 1 heteroatoms. The van der Waals surface area contributed by atoms with E-state index in [1.54, 1.807) is 0 Å². The molecule has 0 saturated carbocycles. The third-order valence-corrected chi connectivity index (χ3v) is 16.7. The summed E-state index contributed by atoms with van der Waals surface area (Å²) in [5, 5.41) is 17.5. The second-order valence-corrected chi connectivity index (χ2v) is 21.2. The Kier molecular flexibility index (Phi) is 10.3. The molecule has 0 saturated heterocycles. The molecule has 16 aromatic rings. The van der Waals surface area contributed by atoms with Crippen molar-refractivity contribution in [2.24, 2.45) is 0 Å². The number of hydrogen-bond acceptors (Lipinski definition) is 0. The summed E-state index contributed by atoms with van der Waals surface area (Å²) in [6, 6.07) is 110. The fourth-order valence-corrected chi connectivity index (χ4v) is 12.9. The minimum absolute atomic E-state index is 1.12. The molecule has 0 amide bonds. The molecule has 15 aromatic carbocycles. The van der Waals surface area contributed by atoms with Gasteiger partial charge in [-0.25, -0.2) is 0 Å². The molecule has 1 aromatic heterocycles. The van der Waals surface area contributed by atoms with E-state index in [1.807, 2.05) is 0 Å². The predicted octanol–water partition coefficient (Wildman–Crippen LogP) is 21.7. The van der Waals surface area contributed by atoms with Crippen LogP contribution >= 0.6 is 0 Å². The van der Waals surface area contributed by atoms with E-state index in [-0.39, 0.29) is 0 Å². The van der Waals surface area contributed by atoms with Gasteiger partial charge >= 0.3 is 0 Å². The van der Waals surface area contributed by atoms with Gasteiger partial charge in [0.25, 0.3) is 0 Å². The van der Waals surface area contributed by atoms with E-state index < -0.39 is 0 Å². The normalized spacial score (nSPS) is 11.8. The average molecular weight is 1000 g/mol. The molecule has 79 heavy (non-hydrogen) atoms. The first-order chi connectivity index (χ1) is 39.1. The monoisotopic (exact) mass is 999 g/mol. The second-order valence-electron chi connectivity index (χ2n) is 21.2. The van der Waals surface area contributed by atoms with Crippen molar-refractivity contribution in [3.63, 3.8) is 0 Å². The van der Waals surface area contributed by atoms with E-state index in [4.69, 9.17) is 0 Å². The van der Waals surface area contributed by atoms with Gasteiger partial charge in [-0.1, -0.05) is 243 Å². The van der Waals surface area contributed by atoms with Crippen LogP contribution in [0.5, 0.6) is 0 Å². The number of aromatic nitrogens is 1. The Labute approximate surface area is 458 Å². The minimum atomic E-state index is 1.12. The quantitative estimate of drug-likeness (QED) is 0.140. The molecule has 0 N–H and O–H groups in total. The molecule has 1 heterocycles. The third kappa shape index (κ3) is 7.47. The van der Waals surface area contributed by atoms with Crippen LogP contribution in [-0.2, 0) is 0 Å². The minimum Gasteiger partial charge on any atom is -0.309 e. The number of rotatable bonds is 7. The average Bonchev–Trinajstić information content (AvgIpc) is 3.86. The molecule has 0 aliphatic heterocycles. The van der Waals surface area contributed by atoms with Crippen molar-refractivity contribution >= 4 is 86.4 Å². The maximum atomic E-state index is 2.50. The Bertz CT molecular complexity index is 4790. The topological polar surface area (TPSA) is 4.93 Å². The number of hydrogen-bond donors (Lipinski definition) is 0. The molecule has 16 rings (SSSR count). The summed E-state index contributed by atoms with van der Waals surface area (Å²) in [4.78, 5) is 0. The van der Waals surface area contributed by atoms with Crippen molar-refractivity contribution in [3.05, 3.63) is 297 Å². The van der Waals surface area contributed by atoms with Gasteiger partial charge in [-0.3, -0.25) is 0 Å². The molecule has 0 radical (unpaired) electrons. The number of benzene rings is 15. The standard InChI is InChI=1S/C78H49N/c1-5-21-63-52(15-1)19-13-29-67(63)60-43-61(68-30-14-20-53-16-2-6-22-64(53)68)45-62(44-60)79-77-41-39-56(50-31-35-54(36-32-50)73-48-58-17-3-7-23-65(58)69-25-9-11-27-71(69)73)46-75(77)76-47-57(40-42-78(76)79)51-33-37-55(38-34-51)74-49-59-18-4-8-24-66(59)70-26-10-12-28-72(70)74/h1-49H. The molecule has 0 bridgehead atoms. The Hall–Kier alpha value is -10.3. The molecular weight excluding hydrogens is 951 g/mol. The van der Waals surface area contributed by atoms with Gasteiger partial charge in [0.2, 0.25) is 0 Å². The van der Waals surface area contributed by atoms with Crippen LogP contribution in [0.15, 0.2) is 297 Å². The van der Waals surface area contributed by atoms with Gasteiger partial charge in [-0.05, 0) is 186 Å². The predicted molar refractivity (Wildman–Crippen MR) is 338 cm³/mol. The van der Waals surface area contributed by atoms with E-state index in [1.165, 1.54) is 142 Å². The smallest absolute Gasteiger partial charge is 0.0541 e. The Morgan fingerprint density at radius 3 is 0.949 bits per heavy atom. The van der Waals surface area contributed by atoms with Crippen LogP contribution in [0.2, 0.25) is 0 Å².